The Morgan fingerprint density at radius 3 is 2.83 bits per heavy atom. The lowest BCUT2D eigenvalue weighted by Crippen LogP contribution is -2.03. The van der Waals surface area contributed by atoms with E-state index in [-0.39, 0.29) is 0 Å². The van der Waals surface area contributed by atoms with Gasteiger partial charge in [0, 0.05) is 23.8 Å². The Hall–Kier alpha value is -1.39. The van der Waals surface area contributed by atoms with Gasteiger partial charge in [0.15, 0.2) is 0 Å². The van der Waals surface area contributed by atoms with Crippen LogP contribution in [0.15, 0.2) is 47.6 Å². The van der Waals surface area contributed by atoms with Gasteiger partial charge in [-0.2, -0.15) is 0 Å². The molecule has 1 heterocycles. The standard InChI is InChI=1S/C13H13ClN2OS/c14-12-8-11(15)3-4-13(12)18(17)7-5-10-2-1-6-16-9-10/h1-4,6,8-9H,5,7,15H2. The molecule has 0 saturated heterocycles. The molecular formula is C13H13ClN2OS. The number of aromatic nitrogens is 1. The summed E-state index contributed by atoms with van der Waals surface area (Å²) >= 11 is 6.02. The maximum atomic E-state index is 12.1. The summed E-state index contributed by atoms with van der Waals surface area (Å²) in [5.41, 5.74) is 7.24. The predicted octanol–water partition coefficient (Wildman–Crippen LogP) is 2.67. The van der Waals surface area contributed by atoms with Crippen LogP contribution in [0.1, 0.15) is 5.56 Å². The molecule has 2 aromatic rings. The fourth-order valence-corrected chi connectivity index (χ4v) is 3.15. The maximum Gasteiger partial charge on any atom is 0.0587 e. The number of nitrogen functional groups attached to an aromatic ring is 1. The fourth-order valence-electron chi connectivity index (χ4n) is 1.57. The summed E-state index contributed by atoms with van der Waals surface area (Å²) in [5.74, 6) is 0.523. The first-order valence-corrected chi connectivity index (χ1v) is 7.19. The van der Waals surface area contributed by atoms with E-state index in [9.17, 15) is 4.21 Å². The van der Waals surface area contributed by atoms with E-state index >= 15 is 0 Å². The molecule has 0 radical (unpaired) electrons. The molecule has 3 nitrogen and oxygen atoms in total. The van der Waals surface area contributed by atoms with E-state index < -0.39 is 10.8 Å². The third-order valence-corrected chi connectivity index (χ3v) is 4.35. The number of rotatable bonds is 4. The second-order valence-corrected chi connectivity index (χ2v) is 5.80. The Labute approximate surface area is 113 Å². The van der Waals surface area contributed by atoms with Crippen molar-refractivity contribution >= 4 is 28.1 Å². The predicted molar refractivity (Wildman–Crippen MR) is 75.1 cm³/mol. The van der Waals surface area contributed by atoms with Crippen molar-refractivity contribution in [2.45, 2.75) is 11.3 Å². The summed E-state index contributed by atoms with van der Waals surface area (Å²) in [5, 5.41) is 0.458. The van der Waals surface area contributed by atoms with Gasteiger partial charge in [-0.05, 0) is 36.2 Å². The second kappa shape index (κ2) is 5.98. The van der Waals surface area contributed by atoms with Crippen molar-refractivity contribution in [1.29, 1.82) is 0 Å². The van der Waals surface area contributed by atoms with Gasteiger partial charge in [-0.3, -0.25) is 9.19 Å². The summed E-state index contributed by atoms with van der Waals surface area (Å²) in [6.07, 6.45) is 4.21. The lowest BCUT2D eigenvalue weighted by molar-refractivity contribution is 0.682. The van der Waals surface area contributed by atoms with Gasteiger partial charge in [-0.1, -0.05) is 17.7 Å². The van der Waals surface area contributed by atoms with Crippen molar-refractivity contribution < 1.29 is 4.21 Å². The van der Waals surface area contributed by atoms with Gasteiger partial charge in [0.2, 0.25) is 0 Å². The zero-order valence-corrected chi connectivity index (χ0v) is 11.2. The van der Waals surface area contributed by atoms with E-state index in [1.165, 1.54) is 0 Å². The smallest absolute Gasteiger partial charge is 0.0587 e. The summed E-state index contributed by atoms with van der Waals surface area (Å²) < 4.78 is 12.1. The van der Waals surface area contributed by atoms with Crippen LogP contribution < -0.4 is 5.73 Å². The average Bonchev–Trinajstić information content (AvgIpc) is 2.37. The van der Waals surface area contributed by atoms with E-state index in [0.717, 1.165) is 5.56 Å². The molecule has 94 valence electrons. The molecule has 2 N–H and O–H groups in total. The van der Waals surface area contributed by atoms with Crippen molar-refractivity contribution in [3.8, 4) is 0 Å². The van der Waals surface area contributed by atoms with Crippen LogP contribution in [0.3, 0.4) is 0 Å². The zero-order chi connectivity index (χ0) is 13.0. The van der Waals surface area contributed by atoms with Crippen molar-refractivity contribution in [2.75, 3.05) is 11.5 Å². The monoisotopic (exact) mass is 280 g/mol. The summed E-state index contributed by atoms with van der Waals surface area (Å²) in [6, 6.07) is 8.89. The van der Waals surface area contributed by atoms with Crippen molar-refractivity contribution in [2.24, 2.45) is 0 Å². The molecule has 0 aliphatic rings. The number of nitrogens with zero attached hydrogens (tertiary/aromatic N) is 1. The number of hydrogen-bond donors (Lipinski definition) is 1. The molecule has 0 spiro atoms. The number of benzene rings is 1. The molecule has 1 aromatic heterocycles. The number of nitrogens with two attached hydrogens (primary N) is 1. The van der Waals surface area contributed by atoms with Gasteiger partial charge in [0.25, 0.3) is 0 Å². The highest BCUT2D eigenvalue weighted by molar-refractivity contribution is 7.85. The third-order valence-electron chi connectivity index (χ3n) is 2.50. The summed E-state index contributed by atoms with van der Waals surface area (Å²) in [7, 11) is -1.12. The van der Waals surface area contributed by atoms with Gasteiger partial charge in [-0.25, -0.2) is 0 Å². The van der Waals surface area contributed by atoms with Crippen LogP contribution in [0.2, 0.25) is 5.02 Å². The molecule has 18 heavy (non-hydrogen) atoms. The molecule has 0 amide bonds. The average molecular weight is 281 g/mol. The molecule has 0 bridgehead atoms. The molecule has 1 unspecified atom stereocenters. The largest absolute Gasteiger partial charge is 0.399 e. The van der Waals surface area contributed by atoms with E-state index in [1.807, 2.05) is 12.1 Å². The van der Waals surface area contributed by atoms with Crippen LogP contribution in [-0.4, -0.2) is 14.9 Å². The van der Waals surface area contributed by atoms with Crippen LogP contribution >= 0.6 is 11.6 Å². The van der Waals surface area contributed by atoms with E-state index in [1.54, 1.807) is 30.6 Å². The van der Waals surface area contributed by atoms with Crippen molar-refractivity contribution in [3.05, 3.63) is 53.3 Å². The highest BCUT2D eigenvalue weighted by Gasteiger charge is 2.09. The molecule has 1 aromatic carbocycles. The summed E-state index contributed by atoms with van der Waals surface area (Å²) in [4.78, 5) is 4.66. The fraction of sp³-hybridized carbons (Fsp3) is 0.154. The molecule has 0 saturated carbocycles. The minimum atomic E-state index is -1.12. The maximum absolute atomic E-state index is 12.1. The Bertz CT molecular complexity index is 560. The molecule has 0 aliphatic carbocycles. The Morgan fingerprint density at radius 1 is 1.33 bits per heavy atom. The minimum absolute atomic E-state index is 0.458. The van der Waals surface area contributed by atoms with E-state index in [2.05, 4.69) is 4.98 Å². The SMILES string of the molecule is Nc1ccc(S(=O)CCc2cccnc2)c(Cl)c1. The van der Waals surface area contributed by atoms with Crippen LogP contribution in [0.4, 0.5) is 5.69 Å². The number of pyridine rings is 1. The molecule has 0 fully saturated rings. The summed E-state index contributed by atoms with van der Waals surface area (Å²) in [6.45, 7) is 0. The number of anilines is 1. The first kappa shape index (κ1) is 13.1. The lowest BCUT2D eigenvalue weighted by Gasteiger charge is -2.05. The van der Waals surface area contributed by atoms with Crippen molar-refractivity contribution in [3.63, 3.8) is 0 Å². The molecule has 5 heteroatoms. The number of halogens is 1. The van der Waals surface area contributed by atoms with Crippen LogP contribution in [0, 0.1) is 0 Å². The normalized spacial score (nSPS) is 12.3. The van der Waals surface area contributed by atoms with Gasteiger partial charge in [-0.15, -0.1) is 0 Å². The zero-order valence-electron chi connectivity index (χ0n) is 9.67. The van der Waals surface area contributed by atoms with E-state index in [0.29, 0.717) is 27.8 Å². The van der Waals surface area contributed by atoms with Crippen LogP contribution in [0.5, 0.6) is 0 Å². The Kier molecular flexibility index (Phi) is 4.33. The van der Waals surface area contributed by atoms with Gasteiger partial charge < -0.3 is 5.73 Å². The minimum Gasteiger partial charge on any atom is -0.399 e. The van der Waals surface area contributed by atoms with Crippen molar-refractivity contribution in [1.82, 2.24) is 4.98 Å². The molecular weight excluding hydrogens is 268 g/mol. The highest BCUT2D eigenvalue weighted by Crippen LogP contribution is 2.22. The molecule has 1 atom stereocenters. The van der Waals surface area contributed by atoms with Gasteiger partial charge in [0.1, 0.15) is 0 Å². The number of hydrogen-bond acceptors (Lipinski definition) is 3. The van der Waals surface area contributed by atoms with E-state index in [4.69, 9.17) is 17.3 Å². The lowest BCUT2D eigenvalue weighted by atomic mass is 10.2. The molecule has 0 aliphatic heterocycles. The highest BCUT2D eigenvalue weighted by atomic mass is 35.5. The molecule has 2 rings (SSSR count). The van der Waals surface area contributed by atoms with Gasteiger partial charge >= 0.3 is 0 Å². The Balaban J connectivity index is 2.04. The Morgan fingerprint density at radius 2 is 2.17 bits per heavy atom. The first-order valence-electron chi connectivity index (χ1n) is 5.49. The third kappa shape index (κ3) is 3.31. The van der Waals surface area contributed by atoms with Gasteiger partial charge in [0.05, 0.1) is 20.7 Å². The van der Waals surface area contributed by atoms with Crippen LogP contribution in [-0.2, 0) is 17.2 Å². The van der Waals surface area contributed by atoms with Crippen LogP contribution in [0.25, 0.3) is 0 Å². The number of aryl methyl sites for hydroxylation is 1. The quantitative estimate of drug-likeness (QED) is 0.876. The first-order chi connectivity index (χ1) is 8.66. The topological polar surface area (TPSA) is 56.0 Å². The second-order valence-electron chi connectivity index (χ2n) is 3.85.